The molecule has 0 saturated heterocycles. The largest absolute Gasteiger partial charge is 0.497 e. The van der Waals surface area contributed by atoms with Crippen LogP contribution in [0.2, 0.25) is 0 Å². The molecule has 10 heteroatoms. The molecule has 0 fully saturated rings. The van der Waals surface area contributed by atoms with Crippen LogP contribution in [0.3, 0.4) is 0 Å². The van der Waals surface area contributed by atoms with Crippen LogP contribution in [-0.4, -0.2) is 45.2 Å². The maximum Gasteiger partial charge on any atom is 0.355 e. The van der Waals surface area contributed by atoms with Crippen molar-refractivity contribution in [1.29, 1.82) is 0 Å². The van der Waals surface area contributed by atoms with Gasteiger partial charge in [0.2, 0.25) is 0 Å². The van der Waals surface area contributed by atoms with Crippen molar-refractivity contribution >= 4 is 32.5 Å². The van der Waals surface area contributed by atoms with E-state index < -0.39 is 14.4 Å². The van der Waals surface area contributed by atoms with Gasteiger partial charge in [-0.2, -0.15) is 0 Å². The number of rotatable bonds is 11. The predicted octanol–water partition coefficient (Wildman–Crippen LogP) is 5.23. The van der Waals surface area contributed by atoms with E-state index in [-0.39, 0.29) is 12.0 Å². The van der Waals surface area contributed by atoms with E-state index in [0.717, 1.165) is 16.9 Å². The fraction of sp³-hybridized carbons (Fsp3) is 0.350. The lowest BCUT2D eigenvalue weighted by atomic mass is 10.2. The summed E-state index contributed by atoms with van der Waals surface area (Å²) in [5.74, 6) is 1.26. The van der Waals surface area contributed by atoms with Gasteiger partial charge < -0.3 is 18.5 Å². The van der Waals surface area contributed by atoms with Gasteiger partial charge in [0.25, 0.3) is 5.85 Å². The molecule has 0 radical (unpaired) electrons. The van der Waals surface area contributed by atoms with E-state index in [2.05, 4.69) is 5.10 Å². The summed E-state index contributed by atoms with van der Waals surface area (Å²) in [4.78, 5) is 0. The smallest absolute Gasteiger partial charge is 0.355 e. The molecule has 7 nitrogen and oxygen atoms in total. The standard InChI is InChI=1S/C20H27N2O5P2S/c1-16(27-20-12-8-18(9-13-20)15-29(23,25-4)26-5)28(30)22(2)21-14-17-6-10-19(24-3)11-7-17/h6-14,16H,15H2,1-5H3/q+1/b21-14+. The molecular weight excluding hydrogens is 442 g/mol. The van der Waals surface area contributed by atoms with E-state index in [4.69, 9.17) is 30.3 Å². The molecule has 162 valence electrons. The lowest BCUT2D eigenvalue weighted by molar-refractivity contribution is 0.274. The Morgan fingerprint density at radius 2 is 1.63 bits per heavy atom. The second-order valence-corrected chi connectivity index (χ2v) is 11.6. The first-order valence-electron chi connectivity index (χ1n) is 9.14. The van der Waals surface area contributed by atoms with Gasteiger partial charge in [-0.15, -0.1) is 9.88 Å². The summed E-state index contributed by atoms with van der Waals surface area (Å²) in [6.07, 6.45) is 1.96. The van der Waals surface area contributed by atoms with Gasteiger partial charge in [0, 0.05) is 21.1 Å². The molecule has 2 rings (SSSR count). The molecule has 2 aromatic carbocycles. The van der Waals surface area contributed by atoms with Crippen LogP contribution in [0.1, 0.15) is 18.1 Å². The van der Waals surface area contributed by atoms with Gasteiger partial charge in [-0.1, -0.05) is 12.1 Å². The summed E-state index contributed by atoms with van der Waals surface area (Å²) < 4.78 is 35.1. The van der Waals surface area contributed by atoms with E-state index in [0.29, 0.717) is 5.75 Å². The third-order valence-electron chi connectivity index (χ3n) is 4.25. The zero-order chi connectivity index (χ0) is 22.1. The van der Waals surface area contributed by atoms with Crippen molar-refractivity contribution in [2.24, 2.45) is 5.10 Å². The maximum absolute atomic E-state index is 12.2. The summed E-state index contributed by atoms with van der Waals surface area (Å²) in [5, 5.41) is 4.44. The monoisotopic (exact) mass is 469 g/mol. The third-order valence-corrected chi connectivity index (χ3v) is 9.11. The lowest BCUT2D eigenvalue weighted by Crippen LogP contribution is -2.14. The van der Waals surface area contributed by atoms with Gasteiger partial charge in [0.1, 0.15) is 11.5 Å². The van der Waals surface area contributed by atoms with Crippen LogP contribution < -0.4 is 9.47 Å². The van der Waals surface area contributed by atoms with Crippen LogP contribution in [0.25, 0.3) is 0 Å². The van der Waals surface area contributed by atoms with Gasteiger partial charge in [0.15, 0.2) is 11.8 Å². The first-order valence-corrected chi connectivity index (χ1v) is 13.2. The molecule has 0 bridgehead atoms. The van der Waals surface area contributed by atoms with E-state index in [9.17, 15) is 4.57 Å². The van der Waals surface area contributed by atoms with Crippen molar-refractivity contribution < 1.29 is 23.1 Å². The predicted molar refractivity (Wildman–Crippen MR) is 124 cm³/mol. The molecule has 0 aromatic heterocycles. The fourth-order valence-electron chi connectivity index (χ4n) is 2.47. The van der Waals surface area contributed by atoms with Crippen LogP contribution in [0, 0.1) is 0 Å². The first kappa shape index (κ1) is 24.4. The Hall–Kier alpha value is -1.82. The average molecular weight is 469 g/mol. The van der Waals surface area contributed by atoms with E-state index in [1.807, 2.05) is 62.5 Å². The van der Waals surface area contributed by atoms with E-state index >= 15 is 0 Å². The Labute approximate surface area is 184 Å². The second kappa shape index (κ2) is 11.5. The highest BCUT2D eigenvalue weighted by Gasteiger charge is 2.28. The summed E-state index contributed by atoms with van der Waals surface area (Å²) >= 11 is 5.63. The van der Waals surface area contributed by atoms with Crippen LogP contribution in [0.5, 0.6) is 11.5 Å². The van der Waals surface area contributed by atoms with Gasteiger partial charge in [0.05, 0.1) is 26.5 Å². The third kappa shape index (κ3) is 7.15. The Balaban J connectivity index is 1.94. The molecule has 0 aliphatic rings. The minimum absolute atomic E-state index is 0.201. The zero-order valence-electron chi connectivity index (χ0n) is 17.7. The minimum atomic E-state index is -3.10. The summed E-state index contributed by atoms with van der Waals surface area (Å²) in [7, 11) is 3.13. The average Bonchev–Trinajstić information content (AvgIpc) is 2.78. The number of hydrazone groups is 1. The summed E-state index contributed by atoms with van der Waals surface area (Å²) in [5.41, 5.74) is 1.79. The normalized spacial score (nSPS) is 13.2. The van der Waals surface area contributed by atoms with Crippen molar-refractivity contribution in [3.05, 3.63) is 59.7 Å². The van der Waals surface area contributed by atoms with Crippen molar-refractivity contribution in [2.75, 3.05) is 28.4 Å². The highest BCUT2D eigenvalue weighted by Crippen LogP contribution is 2.49. The molecule has 0 spiro atoms. The Bertz CT molecular complexity index is 898. The molecule has 0 amide bonds. The van der Waals surface area contributed by atoms with Crippen LogP contribution in [0.15, 0.2) is 53.6 Å². The maximum atomic E-state index is 12.2. The zero-order valence-corrected chi connectivity index (χ0v) is 20.3. The molecule has 0 heterocycles. The number of nitrogens with zero attached hydrogens (tertiary/aromatic N) is 2. The topological polar surface area (TPSA) is 69.6 Å². The lowest BCUT2D eigenvalue weighted by Gasteiger charge is -2.14. The molecular formula is C20H27N2O5P2S+. The molecule has 0 saturated carbocycles. The molecule has 0 aliphatic heterocycles. The first-order chi connectivity index (χ1) is 14.3. The molecule has 2 atom stereocenters. The molecule has 2 aromatic rings. The summed E-state index contributed by atoms with van der Waals surface area (Å²) in [6.45, 7) is 0.847. The van der Waals surface area contributed by atoms with E-state index in [1.165, 1.54) is 14.2 Å². The molecule has 2 unspecified atom stereocenters. The van der Waals surface area contributed by atoms with Crippen molar-refractivity contribution in [3.63, 3.8) is 0 Å². The SMILES string of the molecule is COc1ccc(/C=N/N(C)[P+](=S)C(C)Oc2ccc(CP(=O)(OC)OC)cc2)cc1. The van der Waals surface area contributed by atoms with Gasteiger partial charge >= 0.3 is 14.4 Å². The molecule has 30 heavy (non-hydrogen) atoms. The fourth-order valence-corrected chi connectivity index (χ4v) is 4.63. The van der Waals surface area contributed by atoms with Crippen LogP contribution in [0.4, 0.5) is 0 Å². The highest BCUT2D eigenvalue weighted by atomic mass is 32.4. The molecule has 0 aliphatic carbocycles. The number of methoxy groups -OCH3 is 1. The number of benzene rings is 2. The van der Waals surface area contributed by atoms with Crippen molar-refractivity contribution in [1.82, 2.24) is 4.78 Å². The number of hydrogen-bond donors (Lipinski definition) is 0. The number of hydrogen-bond acceptors (Lipinski definition) is 7. The van der Waals surface area contributed by atoms with Crippen molar-refractivity contribution in [3.8, 4) is 11.5 Å². The summed E-state index contributed by atoms with van der Waals surface area (Å²) in [6, 6.07) is 14.9. The van der Waals surface area contributed by atoms with Crippen molar-refractivity contribution in [2.45, 2.75) is 18.9 Å². The highest BCUT2D eigenvalue weighted by molar-refractivity contribution is 8.04. The second-order valence-electron chi connectivity index (χ2n) is 6.30. The Morgan fingerprint density at radius 3 is 2.17 bits per heavy atom. The molecule has 0 N–H and O–H groups in total. The van der Waals surface area contributed by atoms with Gasteiger partial charge in [-0.25, -0.2) is 0 Å². The minimum Gasteiger partial charge on any atom is -0.497 e. The van der Waals surface area contributed by atoms with Gasteiger partial charge in [-0.3, -0.25) is 4.57 Å². The van der Waals surface area contributed by atoms with Crippen LogP contribution in [-0.2, 0) is 31.6 Å². The van der Waals surface area contributed by atoms with Crippen LogP contribution >= 0.6 is 14.4 Å². The van der Waals surface area contributed by atoms with E-state index in [1.54, 1.807) is 18.1 Å². The Morgan fingerprint density at radius 1 is 1.07 bits per heavy atom. The number of ether oxygens (including phenoxy) is 2. The Kier molecular flexibility index (Phi) is 9.40. The van der Waals surface area contributed by atoms with Gasteiger partial charge in [-0.05, 0) is 47.5 Å². The quantitative estimate of drug-likeness (QED) is 0.254.